The van der Waals surface area contributed by atoms with E-state index in [0.717, 1.165) is 41.3 Å². The molecule has 0 amide bonds. The number of hydrogen-bond donors (Lipinski definition) is 3. The first-order chi connectivity index (χ1) is 16.1. The van der Waals surface area contributed by atoms with E-state index < -0.39 is 12.7 Å². The van der Waals surface area contributed by atoms with Crippen LogP contribution in [0.2, 0.25) is 0 Å². The maximum absolute atomic E-state index is 12.7. The summed E-state index contributed by atoms with van der Waals surface area (Å²) in [5.74, 6) is 3.51. The number of alkyl halides is 3. The fourth-order valence-corrected chi connectivity index (χ4v) is 5.00. The minimum Gasteiger partial charge on any atom is -0.367 e. The Hall–Kier alpha value is -2.64. The van der Waals surface area contributed by atoms with Gasteiger partial charge in [0.25, 0.3) is 0 Å². The first-order valence-electron chi connectivity index (χ1n) is 11.3. The standard InChI is InChI=1S/C21H27F3N6S.C3H6/c1-4-6-16-15(5-2)29-19(31-16)17-12(3)27-20(26-11-21(22,23)24)30-18(17)28-14-8-7-13(9-14)10-25;1-3-2/h1,13-14H,5-11,25H2,2-3H3,(H2,26,27,28,30);3H,1H2,2H3/t13-,14+;/m1./s1. The van der Waals surface area contributed by atoms with Crippen LogP contribution in [0.1, 0.15) is 49.4 Å². The molecule has 3 rings (SSSR count). The average Bonchev–Trinajstić information content (AvgIpc) is 3.39. The first kappa shape index (κ1) is 27.6. The number of aryl methyl sites for hydroxylation is 2. The van der Waals surface area contributed by atoms with E-state index in [4.69, 9.17) is 17.1 Å². The average molecular weight is 495 g/mol. The van der Waals surface area contributed by atoms with Crippen LogP contribution >= 0.6 is 11.3 Å². The van der Waals surface area contributed by atoms with Gasteiger partial charge in [0, 0.05) is 17.3 Å². The van der Waals surface area contributed by atoms with Crippen LogP contribution in [0.3, 0.4) is 0 Å². The lowest BCUT2D eigenvalue weighted by molar-refractivity contribution is -0.115. The quantitative estimate of drug-likeness (QED) is 0.339. The zero-order chi connectivity index (χ0) is 25.3. The SMILES string of the molecule is C#CCc1sc(-c2c(C)nc(NCC(F)(F)F)nc2N[C@H]2CC[C@@H](CN)C2)nc1CC.C=CC. The van der Waals surface area contributed by atoms with E-state index in [1.807, 2.05) is 13.8 Å². The van der Waals surface area contributed by atoms with Gasteiger partial charge in [-0.3, -0.25) is 0 Å². The van der Waals surface area contributed by atoms with Crippen molar-refractivity contribution in [3.63, 3.8) is 0 Å². The summed E-state index contributed by atoms with van der Waals surface area (Å²) in [6, 6.07) is 0.146. The summed E-state index contributed by atoms with van der Waals surface area (Å²) in [6.45, 7) is 8.44. The van der Waals surface area contributed by atoms with Crippen LogP contribution in [0.5, 0.6) is 0 Å². The van der Waals surface area contributed by atoms with Crippen molar-refractivity contribution in [3.05, 3.63) is 28.9 Å². The van der Waals surface area contributed by atoms with Crippen molar-refractivity contribution >= 4 is 23.1 Å². The molecule has 4 N–H and O–H groups in total. The largest absolute Gasteiger partial charge is 0.405 e. The second kappa shape index (κ2) is 12.7. The van der Waals surface area contributed by atoms with Crippen LogP contribution in [0, 0.1) is 25.2 Å². The van der Waals surface area contributed by atoms with Gasteiger partial charge in [-0.2, -0.15) is 18.2 Å². The van der Waals surface area contributed by atoms with Crippen molar-refractivity contribution in [1.29, 1.82) is 0 Å². The number of nitrogens with one attached hydrogen (secondary N) is 2. The van der Waals surface area contributed by atoms with Crippen LogP contribution < -0.4 is 16.4 Å². The zero-order valence-corrected chi connectivity index (χ0v) is 20.7. The van der Waals surface area contributed by atoms with E-state index in [9.17, 15) is 13.2 Å². The van der Waals surface area contributed by atoms with Crippen molar-refractivity contribution in [2.75, 3.05) is 23.7 Å². The Morgan fingerprint density at radius 1 is 1.29 bits per heavy atom. The van der Waals surface area contributed by atoms with E-state index in [2.05, 4.69) is 33.1 Å². The van der Waals surface area contributed by atoms with Gasteiger partial charge in [-0.15, -0.1) is 30.3 Å². The molecule has 0 aliphatic heterocycles. The van der Waals surface area contributed by atoms with E-state index in [0.29, 0.717) is 36.0 Å². The number of nitrogens with zero attached hydrogens (tertiary/aromatic N) is 3. The maximum Gasteiger partial charge on any atom is 0.405 e. The molecule has 2 heterocycles. The van der Waals surface area contributed by atoms with Crippen molar-refractivity contribution < 1.29 is 13.2 Å². The molecule has 6 nitrogen and oxygen atoms in total. The fraction of sp³-hybridized carbons (Fsp3) is 0.542. The van der Waals surface area contributed by atoms with Crippen LogP contribution in [0.15, 0.2) is 12.7 Å². The summed E-state index contributed by atoms with van der Waals surface area (Å²) in [6.07, 6.45) is 6.93. The number of allylic oxidation sites excluding steroid dienone is 1. The van der Waals surface area contributed by atoms with E-state index in [1.54, 1.807) is 13.0 Å². The molecular weight excluding hydrogens is 461 g/mol. The second-order valence-electron chi connectivity index (χ2n) is 8.11. The minimum absolute atomic E-state index is 0.0643. The summed E-state index contributed by atoms with van der Waals surface area (Å²) in [4.78, 5) is 14.4. The van der Waals surface area contributed by atoms with Gasteiger partial charge in [0.05, 0.1) is 17.0 Å². The van der Waals surface area contributed by atoms with E-state index in [-0.39, 0.29) is 12.0 Å². The van der Waals surface area contributed by atoms with Crippen molar-refractivity contribution in [2.45, 2.75) is 65.1 Å². The van der Waals surface area contributed by atoms with E-state index in [1.165, 1.54) is 11.3 Å². The van der Waals surface area contributed by atoms with Gasteiger partial charge >= 0.3 is 6.18 Å². The van der Waals surface area contributed by atoms with Crippen LogP contribution in [0.25, 0.3) is 10.6 Å². The zero-order valence-electron chi connectivity index (χ0n) is 19.9. The molecule has 0 unspecified atom stereocenters. The highest BCUT2D eigenvalue weighted by molar-refractivity contribution is 7.15. The lowest BCUT2D eigenvalue weighted by atomic mass is 10.1. The highest BCUT2D eigenvalue weighted by Crippen LogP contribution is 2.37. The van der Waals surface area contributed by atoms with Gasteiger partial charge < -0.3 is 16.4 Å². The third-order valence-corrected chi connectivity index (χ3v) is 6.46. The number of terminal acetylenes is 1. The van der Waals surface area contributed by atoms with Gasteiger partial charge in [-0.1, -0.05) is 13.0 Å². The summed E-state index contributed by atoms with van der Waals surface area (Å²) >= 11 is 1.48. The smallest absolute Gasteiger partial charge is 0.367 e. The predicted octanol–water partition coefficient (Wildman–Crippen LogP) is 5.35. The molecule has 10 heteroatoms. The molecule has 34 heavy (non-hydrogen) atoms. The van der Waals surface area contributed by atoms with Gasteiger partial charge in [-0.25, -0.2) is 9.97 Å². The molecule has 1 aliphatic rings. The molecule has 1 saturated carbocycles. The lowest BCUT2D eigenvalue weighted by Crippen LogP contribution is -2.24. The third kappa shape index (κ3) is 7.71. The van der Waals surface area contributed by atoms with Crippen LogP contribution in [-0.2, 0) is 12.8 Å². The summed E-state index contributed by atoms with van der Waals surface area (Å²) in [5, 5.41) is 6.43. The summed E-state index contributed by atoms with van der Waals surface area (Å²) in [7, 11) is 0. The molecule has 1 aliphatic carbocycles. The van der Waals surface area contributed by atoms with Gasteiger partial charge in [0.1, 0.15) is 17.4 Å². The van der Waals surface area contributed by atoms with Gasteiger partial charge in [0.15, 0.2) is 0 Å². The normalized spacial score (nSPS) is 17.5. The second-order valence-corrected chi connectivity index (χ2v) is 9.20. The Balaban J connectivity index is 0.00000129. The highest BCUT2D eigenvalue weighted by Gasteiger charge is 2.29. The Morgan fingerprint density at radius 3 is 2.56 bits per heavy atom. The molecule has 0 aromatic carbocycles. The molecule has 1 fully saturated rings. The Kier molecular flexibility index (Phi) is 10.3. The van der Waals surface area contributed by atoms with Crippen LogP contribution in [-0.4, -0.2) is 40.3 Å². The number of hydrogen-bond acceptors (Lipinski definition) is 7. The molecular formula is C24H33F3N6S. The third-order valence-electron chi connectivity index (χ3n) is 5.34. The first-order valence-corrected chi connectivity index (χ1v) is 12.1. The van der Waals surface area contributed by atoms with Gasteiger partial charge in [0.2, 0.25) is 5.95 Å². The molecule has 0 spiro atoms. The molecule has 2 aromatic heterocycles. The molecule has 0 radical (unpaired) electrons. The molecule has 2 atom stereocenters. The molecule has 0 saturated heterocycles. The van der Waals surface area contributed by atoms with Gasteiger partial charge in [-0.05, 0) is 52.0 Å². The van der Waals surface area contributed by atoms with E-state index >= 15 is 0 Å². The number of thiazole rings is 1. The molecule has 186 valence electrons. The Morgan fingerprint density at radius 2 is 2.00 bits per heavy atom. The van der Waals surface area contributed by atoms with Crippen molar-refractivity contribution in [2.24, 2.45) is 11.7 Å². The Bertz CT molecular complexity index is 996. The van der Waals surface area contributed by atoms with Crippen molar-refractivity contribution in [1.82, 2.24) is 15.0 Å². The number of nitrogens with two attached hydrogens (primary N) is 1. The number of anilines is 2. The fourth-order valence-electron chi connectivity index (χ4n) is 3.80. The summed E-state index contributed by atoms with van der Waals surface area (Å²) in [5.41, 5.74) is 7.99. The highest BCUT2D eigenvalue weighted by atomic mass is 32.1. The van der Waals surface area contributed by atoms with Crippen molar-refractivity contribution in [3.8, 4) is 22.9 Å². The monoisotopic (exact) mass is 494 g/mol. The number of aromatic nitrogens is 3. The van der Waals surface area contributed by atoms with Crippen LogP contribution in [0.4, 0.5) is 24.9 Å². The molecule has 2 aromatic rings. The maximum atomic E-state index is 12.7. The number of halogens is 3. The topological polar surface area (TPSA) is 88.8 Å². The lowest BCUT2D eigenvalue weighted by Gasteiger charge is -2.18. The predicted molar refractivity (Wildman–Crippen MR) is 134 cm³/mol. The summed E-state index contributed by atoms with van der Waals surface area (Å²) < 4.78 is 38.1. The molecule has 0 bridgehead atoms. The Labute approximate surface area is 203 Å². The minimum atomic E-state index is -4.36. The number of rotatable bonds is 8.